The van der Waals surface area contributed by atoms with Crippen molar-refractivity contribution < 1.29 is 38.5 Å². The van der Waals surface area contributed by atoms with Crippen LogP contribution in [0.3, 0.4) is 0 Å². The number of carbonyl (C=O) groups excluding carboxylic acids is 4. The van der Waals surface area contributed by atoms with Gasteiger partial charge in [0.1, 0.15) is 16.4 Å². The van der Waals surface area contributed by atoms with Crippen LogP contribution in [0.1, 0.15) is 60.3 Å². The number of hydrogen-bond donors (Lipinski definition) is 2. The van der Waals surface area contributed by atoms with Crippen LogP contribution >= 0.6 is 69.4 Å². The van der Waals surface area contributed by atoms with E-state index >= 15 is 0 Å². The number of carboxylic acid groups (broad SMARTS) is 2. The zero-order valence-electron chi connectivity index (χ0n) is 46.2. The topological polar surface area (TPSA) is 159 Å². The van der Waals surface area contributed by atoms with E-state index in [1.807, 2.05) is 85.8 Å². The highest BCUT2D eigenvalue weighted by molar-refractivity contribution is 8.04. The summed E-state index contributed by atoms with van der Waals surface area (Å²) in [7, 11) is 2.06. The molecule has 1 unspecified atom stereocenters. The number of carboxylic acids is 2. The standard InChI is InChI=1S/C32H33ClN4O3S2.C30H29ClN4O3S2/c1-4-35(24-10-7-22(8-11-24)17-32(39)40)15-14-29(38)34-20-37-26-18-23(33)9-13-28(26)42-31(37)19-30-36(5-2)25-16-21(3)6-12-27(25)41-30;1-19-9-11-25-23(15-19)33(3)28(39-25)17-29-35(24-16-21(31)10-12-26(24)40-29)18-32-27(36)13-14-34(20(2)30(37)38)22-7-5-4-6-8-22/h6-13,16,18-19H,4-5,14-15,17,20H2,1-3H3,(H-,34,38,39,40);4-12,15-17,20H,13-14,18H2,1-3H3,(H-,32,36,37,38). The fourth-order valence-electron chi connectivity index (χ4n) is 9.67. The van der Waals surface area contributed by atoms with Gasteiger partial charge in [-0.3, -0.25) is 9.59 Å². The molecule has 0 bridgehead atoms. The Kier molecular flexibility index (Phi) is 19.5. The molecule has 0 aliphatic carbocycles. The fourth-order valence-corrected chi connectivity index (χ4v) is 14.5. The van der Waals surface area contributed by atoms with Gasteiger partial charge in [0.2, 0.25) is 29.5 Å². The molecule has 424 valence electrons. The van der Waals surface area contributed by atoms with E-state index in [4.69, 9.17) is 23.2 Å². The van der Waals surface area contributed by atoms with Crippen molar-refractivity contribution in [2.24, 2.45) is 7.05 Å². The molecular formula is C62H62Cl2N8O6S4. The van der Waals surface area contributed by atoms with E-state index in [1.165, 1.54) is 31.9 Å². The molecule has 82 heavy (non-hydrogen) atoms. The van der Waals surface area contributed by atoms with Crippen molar-refractivity contribution in [1.82, 2.24) is 10.6 Å². The minimum atomic E-state index is -1.19. The predicted octanol–water partition coefficient (Wildman–Crippen LogP) is 10.1. The number of hydrogen-bond acceptors (Lipinski definition) is 14. The van der Waals surface area contributed by atoms with Gasteiger partial charge in [0.05, 0.1) is 52.3 Å². The molecule has 2 N–H and O–H groups in total. The number of carbonyl (C=O) groups is 4. The maximum Gasteiger partial charge on any atom is 0.267 e. The number of nitrogens with zero attached hydrogens (tertiary/aromatic N) is 6. The number of rotatable bonds is 20. The van der Waals surface area contributed by atoms with Gasteiger partial charge in [-0.1, -0.05) is 112 Å². The van der Waals surface area contributed by atoms with E-state index in [9.17, 15) is 29.4 Å². The summed E-state index contributed by atoms with van der Waals surface area (Å²) in [5.74, 6) is -2.53. The van der Waals surface area contributed by atoms with Gasteiger partial charge in [0.25, 0.3) is 10.0 Å². The zero-order valence-corrected chi connectivity index (χ0v) is 51.0. The number of aryl methyl sites for hydroxylation is 3. The summed E-state index contributed by atoms with van der Waals surface area (Å²) in [4.78, 5) is 59.0. The Morgan fingerprint density at radius 1 is 0.671 bits per heavy atom. The van der Waals surface area contributed by atoms with Crippen LogP contribution in [0.15, 0.2) is 147 Å². The molecule has 0 fully saturated rings. The second-order valence-electron chi connectivity index (χ2n) is 19.7. The first-order chi connectivity index (χ1) is 39.5. The third-order valence-corrected chi connectivity index (χ3v) is 19.1. The molecule has 20 heteroatoms. The number of fused-ring (bicyclic) bond motifs is 4. The summed E-state index contributed by atoms with van der Waals surface area (Å²) in [5, 5.41) is 34.1. The number of anilines is 4. The highest BCUT2D eigenvalue weighted by Gasteiger charge is 2.30. The van der Waals surface area contributed by atoms with Crippen LogP contribution in [0.5, 0.6) is 0 Å². The van der Waals surface area contributed by atoms with E-state index in [0.29, 0.717) is 35.2 Å². The fraction of sp³-hybridized carbons (Fsp3) is 0.258. The van der Waals surface area contributed by atoms with Gasteiger partial charge >= 0.3 is 0 Å². The molecule has 0 saturated heterocycles. The molecule has 2 aromatic heterocycles. The Bertz CT molecular complexity index is 3740. The lowest BCUT2D eigenvalue weighted by molar-refractivity contribution is -0.672. The van der Waals surface area contributed by atoms with E-state index < -0.39 is 18.0 Å². The number of aromatic nitrogens is 2. The number of halogens is 2. The van der Waals surface area contributed by atoms with Gasteiger partial charge in [0.15, 0.2) is 0 Å². The monoisotopic (exact) mass is 1210 g/mol. The van der Waals surface area contributed by atoms with Crippen LogP contribution in [0.4, 0.5) is 22.7 Å². The van der Waals surface area contributed by atoms with Gasteiger partial charge in [-0.05, 0) is 124 Å². The molecule has 10 rings (SSSR count). The van der Waals surface area contributed by atoms with Crippen molar-refractivity contribution in [3.05, 3.63) is 174 Å². The molecule has 2 aliphatic rings. The highest BCUT2D eigenvalue weighted by Crippen LogP contribution is 2.48. The third kappa shape index (κ3) is 14.2. The van der Waals surface area contributed by atoms with Crippen molar-refractivity contribution in [2.45, 2.75) is 76.4 Å². The number of aliphatic carboxylic acids is 2. The van der Waals surface area contributed by atoms with Crippen molar-refractivity contribution in [2.75, 3.05) is 52.4 Å². The lowest BCUT2D eigenvalue weighted by Crippen LogP contribution is -2.48. The maximum absolute atomic E-state index is 13.0. The van der Waals surface area contributed by atoms with Crippen LogP contribution in [0.25, 0.3) is 32.6 Å². The number of benzene rings is 6. The van der Waals surface area contributed by atoms with Gasteiger partial charge in [0, 0.05) is 94.8 Å². The van der Waals surface area contributed by atoms with E-state index in [2.05, 4.69) is 111 Å². The van der Waals surface area contributed by atoms with E-state index in [-0.39, 0.29) is 37.9 Å². The Labute approximate surface area is 504 Å². The summed E-state index contributed by atoms with van der Waals surface area (Å²) in [5.41, 5.74) is 9.12. The zero-order chi connectivity index (χ0) is 58.2. The average molecular weight is 1210 g/mol. The van der Waals surface area contributed by atoms with Gasteiger partial charge in [-0.25, -0.2) is 0 Å². The van der Waals surface area contributed by atoms with Crippen LogP contribution < -0.4 is 49.6 Å². The molecule has 1 atom stereocenters. The van der Waals surface area contributed by atoms with Crippen molar-refractivity contribution in [1.29, 1.82) is 0 Å². The van der Waals surface area contributed by atoms with Crippen molar-refractivity contribution in [3.63, 3.8) is 0 Å². The molecule has 4 heterocycles. The molecular weight excluding hydrogens is 1150 g/mol. The quantitative estimate of drug-likeness (QED) is 0.0697. The molecule has 0 radical (unpaired) electrons. The normalized spacial score (nSPS) is 14.0. The number of para-hydroxylation sites is 1. The van der Waals surface area contributed by atoms with E-state index in [1.54, 1.807) is 70.2 Å². The molecule has 14 nitrogen and oxygen atoms in total. The minimum Gasteiger partial charge on any atom is -0.550 e. The maximum atomic E-state index is 13.0. The Hall–Kier alpha value is -7.06. The van der Waals surface area contributed by atoms with Crippen LogP contribution in [-0.2, 0) is 39.3 Å². The Morgan fingerprint density at radius 3 is 1.98 bits per heavy atom. The SMILES string of the molecule is CCN(CCC(=O)NC[n+]1c(/C=C2\Sc3ccc(C)cc3N2CC)sc2ccc(Cl)cc21)c1ccc(CC(=O)[O-])cc1.Cc1ccc2sc(C=C3Sc4ccc(Cl)cc4N3CNC(=O)CCN(c3ccccc3)C(C)C(=O)[O-])[n+](C)c2c1. The van der Waals surface area contributed by atoms with Crippen molar-refractivity contribution >= 4 is 148 Å². The number of amides is 2. The molecule has 2 amide bonds. The van der Waals surface area contributed by atoms with Gasteiger partial charge < -0.3 is 50.0 Å². The molecule has 8 aromatic rings. The minimum absolute atomic E-state index is 0.0530. The van der Waals surface area contributed by atoms with Crippen LogP contribution in [-0.4, -0.2) is 62.6 Å². The average Bonchev–Trinajstić information content (AvgIpc) is 4.11. The first-order valence-electron chi connectivity index (χ1n) is 26.8. The largest absolute Gasteiger partial charge is 0.550 e. The number of thioether (sulfide) groups is 2. The summed E-state index contributed by atoms with van der Waals surface area (Å²) in [6.07, 6.45) is 4.68. The second-order valence-corrected chi connectivity index (χ2v) is 24.8. The Balaban J connectivity index is 0.000000198. The molecule has 6 aromatic carbocycles. The lowest BCUT2D eigenvalue weighted by atomic mass is 10.1. The van der Waals surface area contributed by atoms with E-state index in [0.717, 1.165) is 65.3 Å². The van der Waals surface area contributed by atoms with Gasteiger partial charge in [-0.2, -0.15) is 9.13 Å². The van der Waals surface area contributed by atoms with Crippen LogP contribution in [0.2, 0.25) is 10.0 Å². The third-order valence-electron chi connectivity index (χ3n) is 14.1. The summed E-state index contributed by atoms with van der Waals surface area (Å²) < 4.78 is 6.60. The summed E-state index contributed by atoms with van der Waals surface area (Å²) in [6.45, 7) is 12.9. The van der Waals surface area contributed by atoms with Crippen LogP contribution in [0, 0.1) is 13.8 Å². The molecule has 0 saturated carbocycles. The smallest absolute Gasteiger partial charge is 0.267 e. The number of nitrogens with one attached hydrogen (secondary N) is 2. The summed E-state index contributed by atoms with van der Waals surface area (Å²) in [6, 6.07) is 40.3. The van der Waals surface area contributed by atoms with Gasteiger partial charge in [-0.15, -0.1) is 0 Å². The second kappa shape index (κ2) is 26.9. The first-order valence-corrected chi connectivity index (χ1v) is 30.8. The Morgan fingerprint density at radius 2 is 1.27 bits per heavy atom. The highest BCUT2D eigenvalue weighted by atomic mass is 35.5. The molecule has 2 aliphatic heterocycles. The number of thiazole rings is 2. The van der Waals surface area contributed by atoms with Crippen molar-refractivity contribution in [3.8, 4) is 0 Å². The molecule has 0 spiro atoms. The predicted molar refractivity (Wildman–Crippen MR) is 332 cm³/mol. The lowest BCUT2D eigenvalue weighted by Gasteiger charge is -2.32. The summed E-state index contributed by atoms with van der Waals surface area (Å²) >= 11 is 19.5. The first kappa shape index (κ1) is 59.6.